The summed E-state index contributed by atoms with van der Waals surface area (Å²) in [5.41, 5.74) is 5.21. The second-order valence-electron chi connectivity index (χ2n) is 5.47. The van der Waals surface area contributed by atoms with E-state index in [0.717, 1.165) is 19.4 Å². The summed E-state index contributed by atoms with van der Waals surface area (Å²) in [6.07, 6.45) is 1.66. The molecule has 2 atom stereocenters. The molecule has 5 heteroatoms. The van der Waals surface area contributed by atoms with Crippen molar-refractivity contribution in [2.75, 3.05) is 19.8 Å². The minimum Gasteiger partial charge on any atom is -0.444 e. The third kappa shape index (κ3) is 5.37. The Bertz CT molecular complexity index is 245. The Morgan fingerprint density at radius 2 is 2.29 bits per heavy atom. The predicted octanol–water partition coefficient (Wildman–Crippen LogP) is 1.27. The molecule has 0 aromatic heterocycles. The fourth-order valence-electron chi connectivity index (χ4n) is 1.91. The minimum atomic E-state index is -0.480. The molecule has 1 aliphatic rings. The Morgan fingerprint density at radius 1 is 1.59 bits per heavy atom. The summed E-state index contributed by atoms with van der Waals surface area (Å²) in [7, 11) is 0. The van der Waals surface area contributed by atoms with Crippen LogP contribution >= 0.6 is 0 Å². The fourth-order valence-corrected chi connectivity index (χ4v) is 1.91. The van der Waals surface area contributed by atoms with Gasteiger partial charge in [0.1, 0.15) is 5.60 Å². The first-order chi connectivity index (χ1) is 7.92. The smallest absolute Gasteiger partial charge is 0.407 e. The molecule has 100 valence electrons. The van der Waals surface area contributed by atoms with E-state index in [2.05, 4.69) is 5.32 Å². The molecule has 1 heterocycles. The number of carbonyl (C=O) groups is 1. The fraction of sp³-hybridized carbons (Fsp3) is 0.917. The van der Waals surface area contributed by atoms with E-state index in [1.807, 2.05) is 20.8 Å². The first-order valence-corrected chi connectivity index (χ1v) is 6.19. The number of hydrogen-bond donors (Lipinski definition) is 2. The van der Waals surface area contributed by atoms with Crippen LogP contribution in [-0.2, 0) is 9.47 Å². The van der Waals surface area contributed by atoms with Crippen LogP contribution in [0.4, 0.5) is 4.79 Å². The van der Waals surface area contributed by atoms with Crippen molar-refractivity contribution in [2.24, 2.45) is 11.7 Å². The van der Waals surface area contributed by atoms with Crippen molar-refractivity contribution in [2.45, 2.75) is 45.3 Å². The summed E-state index contributed by atoms with van der Waals surface area (Å²) in [6.45, 7) is 7.40. The van der Waals surface area contributed by atoms with Crippen LogP contribution in [0.25, 0.3) is 0 Å². The third-order valence-electron chi connectivity index (χ3n) is 2.72. The molecular weight excluding hydrogens is 220 g/mol. The first kappa shape index (κ1) is 14.3. The molecular formula is C12H24N2O3. The second-order valence-corrected chi connectivity index (χ2v) is 5.47. The number of hydrogen-bond acceptors (Lipinski definition) is 4. The molecule has 1 fully saturated rings. The van der Waals surface area contributed by atoms with Gasteiger partial charge in [-0.15, -0.1) is 0 Å². The Morgan fingerprint density at radius 3 is 2.76 bits per heavy atom. The van der Waals surface area contributed by atoms with E-state index in [1.165, 1.54) is 0 Å². The van der Waals surface area contributed by atoms with Gasteiger partial charge >= 0.3 is 6.09 Å². The molecule has 0 spiro atoms. The molecule has 1 aliphatic heterocycles. The molecule has 1 rings (SSSR count). The number of carbonyl (C=O) groups excluding carboxylic acids is 1. The van der Waals surface area contributed by atoms with Gasteiger partial charge in [-0.25, -0.2) is 4.79 Å². The van der Waals surface area contributed by atoms with Crippen LogP contribution < -0.4 is 11.1 Å². The Balaban J connectivity index is 2.42. The van der Waals surface area contributed by atoms with Gasteiger partial charge in [0.2, 0.25) is 0 Å². The van der Waals surface area contributed by atoms with E-state index in [4.69, 9.17) is 15.2 Å². The quantitative estimate of drug-likeness (QED) is 0.784. The van der Waals surface area contributed by atoms with Crippen LogP contribution in [0.3, 0.4) is 0 Å². The monoisotopic (exact) mass is 244 g/mol. The standard InChI is InChI=1S/C12H24N2O3/c1-12(2,3)17-11(15)14-10(7-13)9-5-4-6-16-8-9/h9-10H,4-8,13H2,1-3H3,(H,14,15). The van der Waals surface area contributed by atoms with E-state index >= 15 is 0 Å². The van der Waals surface area contributed by atoms with Gasteiger partial charge in [-0.2, -0.15) is 0 Å². The molecule has 5 nitrogen and oxygen atoms in total. The molecule has 1 saturated heterocycles. The molecule has 0 bridgehead atoms. The molecule has 3 N–H and O–H groups in total. The topological polar surface area (TPSA) is 73.6 Å². The van der Waals surface area contributed by atoms with Crippen molar-refractivity contribution >= 4 is 6.09 Å². The van der Waals surface area contributed by atoms with Crippen molar-refractivity contribution in [1.29, 1.82) is 0 Å². The number of nitrogens with two attached hydrogens (primary N) is 1. The lowest BCUT2D eigenvalue weighted by molar-refractivity contribution is 0.0279. The summed E-state index contributed by atoms with van der Waals surface area (Å²) in [6, 6.07) is -0.0647. The van der Waals surface area contributed by atoms with Crippen LogP contribution in [0, 0.1) is 5.92 Å². The number of nitrogens with one attached hydrogen (secondary N) is 1. The van der Waals surface area contributed by atoms with Gasteiger partial charge in [-0.3, -0.25) is 0 Å². The maximum atomic E-state index is 11.6. The summed E-state index contributed by atoms with van der Waals surface area (Å²) in [5.74, 6) is 0.293. The zero-order valence-electron chi connectivity index (χ0n) is 11.0. The van der Waals surface area contributed by atoms with E-state index in [-0.39, 0.29) is 6.04 Å². The third-order valence-corrected chi connectivity index (χ3v) is 2.72. The van der Waals surface area contributed by atoms with Crippen molar-refractivity contribution in [3.8, 4) is 0 Å². The number of amides is 1. The minimum absolute atomic E-state index is 0.0647. The molecule has 2 unspecified atom stereocenters. The first-order valence-electron chi connectivity index (χ1n) is 6.19. The lowest BCUT2D eigenvalue weighted by Crippen LogP contribution is -2.49. The van der Waals surface area contributed by atoms with Crippen LogP contribution in [0.15, 0.2) is 0 Å². The van der Waals surface area contributed by atoms with E-state index < -0.39 is 11.7 Å². The largest absolute Gasteiger partial charge is 0.444 e. The van der Waals surface area contributed by atoms with Crippen LogP contribution in [0.1, 0.15) is 33.6 Å². The zero-order valence-corrected chi connectivity index (χ0v) is 11.0. The summed E-state index contributed by atoms with van der Waals surface area (Å²) in [4.78, 5) is 11.6. The van der Waals surface area contributed by atoms with E-state index in [0.29, 0.717) is 19.1 Å². The lowest BCUT2D eigenvalue weighted by atomic mass is 9.94. The normalized spacial score (nSPS) is 22.9. The highest BCUT2D eigenvalue weighted by atomic mass is 16.6. The Labute approximate surface area is 103 Å². The number of ether oxygens (including phenoxy) is 2. The highest BCUT2D eigenvalue weighted by molar-refractivity contribution is 5.68. The molecule has 1 amide bonds. The van der Waals surface area contributed by atoms with Crippen LogP contribution in [0.2, 0.25) is 0 Å². The zero-order chi connectivity index (χ0) is 12.9. The highest BCUT2D eigenvalue weighted by Gasteiger charge is 2.26. The molecule has 0 aromatic carbocycles. The van der Waals surface area contributed by atoms with E-state index in [9.17, 15) is 4.79 Å². The van der Waals surface area contributed by atoms with E-state index in [1.54, 1.807) is 0 Å². The van der Waals surface area contributed by atoms with Gasteiger partial charge in [-0.05, 0) is 33.6 Å². The van der Waals surface area contributed by atoms with Gasteiger partial charge in [0.05, 0.1) is 6.61 Å². The molecule has 0 saturated carbocycles. The number of alkyl carbamates (subject to hydrolysis) is 1. The Hall–Kier alpha value is -0.810. The van der Waals surface area contributed by atoms with Crippen molar-refractivity contribution < 1.29 is 14.3 Å². The average molecular weight is 244 g/mol. The predicted molar refractivity (Wildman–Crippen MR) is 65.8 cm³/mol. The second kappa shape index (κ2) is 6.21. The highest BCUT2D eigenvalue weighted by Crippen LogP contribution is 2.17. The molecule has 0 radical (unpaired) electrons. The summed E-state index contributed by atoms with van der Waals surface area (Å²) < 4.78 is 10.6. The average Bonchev–Trinajstić information content (AvgIpc) is 2.24. The van der Waals surface area contributed by atoms with Crippen molar-refractivity contribution in [1.82, 2.24) is 5.32 Å². The molecule has 0 aromatic rings. The van der Waals surface area contributed by atoms with Gasteiger partial charge in [0.15, 0.2) is 0 Å². The van der Waals surface area contributed by atoms with Crippen LogP contribution in [0.5, 0.6) is 0 Å². The van der Waals surface area contributed by atoms with Crippen molar-refractivity contribution in [3.05, 3.63) is 0 Å². The molecule has 17 heavy (non-hydrogen) atoms. The molecule has 0 aliphatic carbocycles. The maximum absolute atomic E-state index is 11.6. The lowest BCUT2D eigenvalue weighted by Gasteiger charge is -2.30. The van der Waals surface area contributed by atoms with Crippen molar-refractivity contribution in [3.63, 3.8) is 0 Å². The van der Waals surface area contributed by atoms with Crippen LogP contribution in [-0.4, -0.2) is 37.5 Å². The van der Waals surface area contributed by atoms with Gasteiger partial charge < -0.3 is 20.5 Å². The SMILES string of the molecule is CC(C)(C)OC(=O)NC(CN)C1CCCOC1. The Kier molecular flexibility index (Phi) is 5.21. The van der Waals surface area contributed by atoms with Gasteiger partial charge in [-0.1, -0.05) is 0 Å². The summed E-state index contributed by atoms with van der Waals surface area (Å²) in [5, 5.41) is 2.83. The van der Waals surface area contributed by atoms with Gasteiger partial charge in [0, 0.05) is 25.1 Å². The van der Waals surface area contributed by atoms with Gasteiger partial charge in [0.25, 0.3) is 0 Å². The maximum Gasteiger partial charge on any atom is 0.407 e. The summed E-state index contributed by atoms with van der Waals surface area (Å²) >= 11 is 0. The number of rotatable bonds is 3.